The average Bonchev–Trinajstić information content (AvgIpc) is 2.05. The Kier molecular flexibility index (Phi) is 5.44. The largest absolute Gasteiger partial charge is 0.396 e. The van der Waals surface area contributed by atoms with E-state index >= 15 is 0 Å². The van der Waals surface area contributed by atoms with Crippen LogP contribution in [-0.2, 0) is 0 Å². The normalized spacial score (nSPS) is 19.2. The molecular weight excluding hydrogens is 206 g/mol. The zero-order valence-corrected chi connectivity index (χ0v) is 11.1. The first-order chi connectivity index (χ1) is 7.04. The number of nitrogens with zero attached hydrogens (tertiary/aromatic N) is 1. The highest BCUT2D eigenvalue weighted by molar-refractivity contribution is 7.99. The summed E-state index contributed by atoms with van der Waals surface area (Å²) in [5.74, 6) is 3.21. The van der Waals surface area contributed by atoms with E-state index in [1.54, 1.807) is 0 Å². The van der Waals surface area contributed by atoms with Gasteiger partial charge in [-0.1, -0.05) is 20.8 Å². The van der Waals surface area contributed by atoms with E-state index in [9.17, 15) is 0 Å². The van der Waals surface area contributed by atoms with Crippen LogP contribution in [0.1, 0.15) is 27.2 Å². The third kappa shape index (κ3) is 4.75. The molecule has 0 atom stereocenters. The van der Waals surface area contributed by atoms with E-state index in [-0.39, 0.29) is 0 Å². The summed E-state index contributed by atoms with van der Waals surface area (Å²) in [6, 6.07) is 0. The van der Waals surface area contributed by atoms with Crippen LogP contribution in [0.2, 0.25) is 0 Å². The van der Waals surface area contributed by atoms with Gasteiger partial charge in [0.2, 0.25) is 0 Å². The van der Waals surface area contributed by atoms with Crippen molar-refractivity contribution in [2.45, 2.75) is 27.2 Å². The topological polar surface area (TPSA) is 23.5 Å². The van der Waals surface area contributed by atoms with E-state index < -0.39 is 0 Å². The molecule has 0 aromatic carbocycles. The van der Waals surface area contributed by atoms with Crippen molar-refractivity contribution in [2.75, 3.05) is 37.7 Å². The molecule has 2 nitrogen and oxygen atoms in total. The van der Waals surface area contributed by atoms with Gasteiger partial charge in [0.05, 0.1) is 0 Å². The van der Waals surface area contributed by atoms with Gasteiger partial charge in [-0.15, -0.1) is 0 Å². The average molecular weight is 231 g/mol. The maximum absolute atomic E-state index is 8.63. The number of likely N-dealkylation sites (tertiary alicyclic amines) is 1. The predicted octanol–water partition coefficient (Wildman–Crippen LogP) is 2.08. The molecule has 0 spiro atoms. The van der Waals surface area contributed by atoms with Crippen LogP contribution in [0.25, 0.3) is 0 Å². The van der Waals surface area contributed by atoms with E-state index in [0.717, 1.165) is 18.1 Å². The first-order valence-corrected chi connectivity index (χ1v) is 7.10. The predicted molar refractivity (Wildman–Crippen MR) is 68.4 cm³/mol. The number of aliphatic hydroxyl groups is 1. The first-order valence-electron chi connectivity index (χ1n) is 5.95. The Morgan fingerprint density at radius 3 is 2.47 bits per heavy atom. The van der Waals surface area contributed by atoms with Crippen molar-refractivity contribution >= 4 is 11.8 Å². The van der Waals surface area contributed by atoms with Crippen LogP contribution in [0, 0.1) is 11.3 Å². The van der Waals surface area contributed by atoms with Gasteiger partial charge in [-0.3, -0.25) is 0 Å². The van der Waals surface area contributed by atoms with Crippen LogP contribution in [0.3, 0.4) is 0 Å². The summed E-state index contributed by atoms with van der Waals surface area (Å²) in [7, 11) is 0. The number of hydrogen-bond acceptors (Lipinski definition) is 3. The molecule has 1 fully saturated rings. The summed E-state index contributed by atoms with van der Waals surface area (Å²) >= 11 is 1.96. The van der Waals surface area contributed by atoms with Gasteiger partial charge in [-0.05, 0) is 23.5 Å². The molecule has 1 saturated heterocycles. The van der Waals surface area contributed by atoms with Crippen molar-refractivity contribution in [3.05, 3.63) is 0 Å². The second-order valence-electron chi connectivity index (χ2n) is 5.51. The molecular formula is C12H25NOS. The summed E-state index contributed by atoms with van der Waals surface area (Å²) in [5, 5.41) is 8.63. The lowest BCUT2D eigenvalue weighted by Gasteiger charge is -2.46. The molecule has 0 bridgehead atoms. The highest BCUT2D eigenvalue weighted by Gasteiger charge is 2.34. The number of rotatable bonds is 6. The second-order valence-corrected chi connectivity index (χ2v) is 6.74. The third-order valence-electron chi connectivity index (χ3n) is 3.18. The highest BCUT2D eigenvalue weighted by atomic mass is 32.2. The Bertz CT molecular complexity index is 173. The third-order valence-corrected chi connectivity index (χ3v) is 4.23. The zero-order chi connectivity index (χ0) is 11.3. The Balaban J connectivity index is 1.94. The molecule has 3 heteroatoms. The lowest BCUT2D eigenvalue weighted by molar-refractivity contribution is 0.0300. The van der Waals surface area contributed by atoms with E-state index in [1.807, 2.05) is 11.8 Å². The minimum absolute atomic E-state index is 0.336. The number of hydrogen-bond donors (Lipinski definition) is 1. The Morgan fingerprint density at radius 1 is 1.27 bits per heavy atom. The van der Waals surface area contributed by atoms with Gasteiger partial charge < -0.3 is 10.0 Å². The van der Waals surface area contributed by atoms with Crippen LogP contribution >= 0.6 is 11.8 Å². The molecule has 0 aromatic heterocycles. The van der Waals surface area contributed by atoms with Gasteiger partial charge in [0.25, 0.3) is 0 Å². The maximum Gasteiger partial charge on any atom is 0.0438 e. The quantitative estimate of drug-likeness (QED) is 0.708. The smallest absolute Gasteiger partial charge is 0.0438 e. The molecule has 1 rings (SSSR count). The van der Waals surface area contributed by atoms with E-state index in [2.05, 4.69) is 25.7 Å². The minimum atomic E-state index is 0.336. The van der Waals surface area contributed by atoms with E-state index in [4.69, 9.17) is 5.11 Å². The van der Waals surface area contributed by atoms with Gasteiger partial charge >= 0.3 is 0 Å². The molecule has 1 aliphatic heterocycles. The molecule has 0 radical (unpaired) electrons. The van der Waals surface area contributed by atoms with Gasteiger partial charge in [0.1, 0.15) is 0 Å². The fourth-order valence-electron chi connectivity index (χ4n) is 1.76. The molecule has 1 aliphatic rings. The number of aliphatic hydroxyl groups excluding tert-OH is 1. The van der Waals surface area contributed by atoms with Crippen LogP contribution in [0.15, 0.2) is 0 Å². The maximum atomic E-state index is 8.63. The summed E-state index contributed by atoms with van der Waals surface area (Å²) < 4.78 is 0. The van der Waals surface area contributed by atoms with Crippen LogP contribution in [-0.4, -0.2) is 47.8 Å². The fraction of sp³-hybridized carbons (Fsp3) is 1.00. The number of thioether (sulfide) groups is 1. The van der Waals surface area contributed by atoms with Crippen molar-refractivity contribution < 1.29 is 5.11 Å². The van der Waals surface area contributed by atoms with Gasteiger partial charge in [0, 0.05) is 32.0 Å². The molecule has 15 heavy (non-hydrogen) atoms. The molecule has 0 aromatic rings. The summed E-state index contributed by atoms with van der Waals surface area (Å²) in [6.07, 6.45) is 0.940. The highest BCUT2D eigenvalue weighted by Crippen LogP contribution is 2.33. The molecule has 1 N–H and O–H groups in total. The van der Waals surface area contributed by atoms with Gasteiger partial charge in [0.15, 0.2) is 0 Å². The fourth-order valence-corrected chi connectivity index (χ4v) is 2.69. The van der Waals surface area contributed by atoms with Crippen molar-refractivity contribution in [2.24, 2.45) is 11.3 Å². The van der Waals surface area contributed by atoms with Crippen LogP contribution < -0.4 is 0 Å². The van der Waals surface area contributed by atoms with Crippen molar-refractivity contribution in [1.29, 1.82) is 0 Å². The molecule has 0 aliphatic carbocycles. The summed E-state index contributed by atoms with van der Waals surface area (Å²) in [5.41, 5.74) is 0.487. The Hall–Kier alpha value is 0.270. The monoisotopic (exact) mass is 231 g/mol. The Labute approximate surface area is 98.4 Å². The molecule has 0 amide bonds. The van der Waals surface area contributed by atoms with E-state index in [1.165, 1.54) is 25.4 Å². The van der Waals surface area contributed by atoms with Crippen molar-refractivity contribution in [3.8, 4) is 0 Å². The lowest BCUT2D eigenvalue weighted by atomic mass is 9.76. The lowest BCUT2D eigenvalue weighted by Crippen LogP contribution is -2.52. The first kappa shape index (κ1) is 13.3. The molecule has 1 heterocycles. The zero-order valence-electron chi connectivity index (χ0n) is 10.3. The molecule has 0 saturated carbocycles. The van der Waals surface area contributed by atoms with Crippen LogP contribution in [0.5, 0.6) is 0 Å². The minimum Gasteiger partial charge on any atom is -0.396 e. The van der Waals surface area contributed by atoms with Crippen molar-refractivity contribution in [1.82, 2.24) is 4.90 Å². The summed E-state index contributed by atoms with van der Waals surface area (Å²) in [6.45, 7) is 11.1. The standard InChI is InChI=1S/C12H25NOS/c1-12(2,3)11-9-13(10-11)5-8-15-7-4-6-14/h11,14H,4-10H2,1-3H3. The molecule has 0 unspecified atom stereocenters. The molecule has 90 valence electrons. The second kappa shape index (κ2) is 6.12. The van der Waals surface area contributed by atoms with Gasteiger partial charge in [-0.25, -0.2) is 0 Å². The van der Waals surface area contributed by atoms with Gasteiger partial charge in [-0.2, -0.15) is 11.8 Å². The van der Waals surface area contributed by atoms with Crippen LogP contribution in [0.4, 0.5) is 0 Å². The van der Waals surface area contributed by atoms with Crippen molar-refractivity contribution in [3.63, 3.8) is 0 Å². The summed E-state index contributed by atoms with van der Waals surface area (Å²) in [4.78, 5) is 2.54. The SMILES string of the molecule is CC(C)(C)C1CN(CCSCCCO)C1. The Morgan fingerprint density at radius 2 is 1.93 bits per heavy atom. The van der Waals surface area contributed by atoms with E-state index in [0.29, 0.717) is 12.0 Å².